The van der Waals surface area contributed by atoms with Crippen LogP contribution in [-0.2, 0) is 11.3 Å². The summed E-state index contributed by atoms with van der Waals surface area (Å²) in [6.45, 7) is 1.27. The monoisotopic (exact) mass is 327 g/mol. The van der Waals surface area contributed by atoms with Gasteiger partial charge in [-0.25, -0.2) is 18.0 Å². The van der Waals surface area contributed by atoms with E-state index in [4.69, 9.17) is 4.42 Å². The molecule has 5 nitrogen and oxygen atoms in total. The number of amides is 1. The largest absolute Gasteiger partial charge is 0.465 e. The van der Waals surface area contributed by atoms with Gasteiger partial charge in [0.05, 0.1) is 13.7 Å². The van der Waals surface area contributed by atoms with Gasteiger partial charge in [0.1, 0.15) is 28.5 Å². The van der Waals surface area contributed by atoms with Crippen LogP contribution in [0.3, 0.4) is 0 Å². The van der Waals surface area contributed by atoms with Crippen LogP contribution in [0.5, 0.6) is 0 Å². The van der Waals surface area contributed by atoms with E-state index in [1.807, 2.05) is 0 Å². The van der Waals surface area contributed by atoms with Crippen LogP contribution < -0.4 is 5.32 Å². The van der Waals surface area contributed by atoms with Gasteiger partial charge in [-0.2, -0.15) is 0 Å². The van der Waals surface area contributed by atoms with Crippen molar-refractivity contribution in [2.45, 2.75) is 13.5 Å². The number of ether oxygens (including phenoxy) is 1. The Bertz CT molecular complexity index is 770. The zero-order valence-corrected chi connectivity index (χ0v) is 12.2. The van der Waals surface area contributed by atoms with Gasteiger partial charge in [0.2, 0.25) is 0 Å². The third kappa shape index (κ3) is 3.36. The van der Waals surface area contributed by atoms with Crippen molar-refractivity contribution in [1.82, 2.24) is 5.32 Å². The fourth-order valence-corrected chi connectivity index (χ4v) is 1.93. The lowest BCUT2D eigenvalue weighted by atomic mass is 10.1. The number of esters is 1. The van der Waals surface area contributed by atoms with Gasteiger partial charge in [-0.1, -0.05) is 0 Å². The minimum atomic E-state index is -1.58. The molecule has 0 spiro atoms. The number of hydrogen-bond donors (Lipinski definition) is 1. The number of halogens is 3. The van der Waals surface area contributed by atoms with Crippen LogP contribution in [-0.4, -0.2) is 19.0 Å². The third-order valence-corrected chi connectivity index (χ3v) is 3.07. The van der Waals surface area contributed by atoms with Crippen molar-refractivity contribution in [2.75, 3.05) is 7.11 Å². The first-order valence-corrected chi connectivity index (χ1v) is 6.44. The van der Waals surface area contributed by atoms with Crippen LogP contribution in [0.1, 0.15) is 32.2 Å². The molecule has 1 N–H and O–H groups in total. The molecule has 1 amide bonds. The van der Waals surface area contributed by atoms with Crippen molar-refractivity contribution in [2.24, 2.45) is 0 Å². The highest BCUT2D eigenvalue weighted by Crippen LogP contribution is 2.18. The molecule has 0 fully saturated rings. The smallest absolute Gasteiger partial charge is 0.341 e. The molecule has 1 heterocycles. The molecule has 0 saturated heterocycles. The van der Waals surface area contributed by atoms with Crippen LogP contribution in [0.15, 0.2) is 22.6 Å². The molecule has 0 atom stereocenters. The molecule has 1 aromatic carbocycles. The van der Waals surface area contributed by atoms with Gasteiger partial charge in [-0.15, -0.1) is 0 Å². The Morgan fingerprint density at radius 3 is 2.52 bits per heavy atom. The second-order valence-electron chi connectivity index (χ2n) is 4.58. The highest BCUT2D eigenvalue weighted by Gasteiger charge is 2.21. The normalized spacial score (nSPS) is 10.5. The van der Waals surface area contributed by atoms with Crippen molar-refractivity contribution in [3.8, 4) is 0 Å². The average Bonchev–Trinajstić information content (AvgIpc) is 2.89. The Morgan fingerprint density at radius 2 is 1.87 bits per heavy atom. The summed E-state index contributed by atoms with van der Waals surface area (Å²) in [6, 6.07) is 2.57. The highest BCUT2D eigenvalue weighted by atomic mass is 19.2. The molecule has 0 unspecified atom stereocenters. The second-order valence-corrected chi connectivity index (χ2v) is 4.58. The summed E-state index contributed by atoms with van der Waals surface area (Å²) in [7, 11) is 1.20. The molecule has 122 valence electrons. The number of rotatable bonds is 4. The molecule has 1 aromatic heterocycles. The van der Waals surface area contributed by atoms with Crippen molar-refractivity contribution in [3.05, 3.63) is 58.3 Å². The van der Waals surface area contributed by atoms with E-state index in [-0.39, 0.29) is 23.6 Å². The Kier molecular flexibility index (Phi) is 4.73. The number of aryl methyl sites for hydroxylation is 1. The fraction of sp³-hybridized carbons (Fsp3) is 0.200. The Morgan fingerprint density at radius 1 is 1.22 bits per heavy atom. The highest BCUT2D eigenvalue weighted by molar-refractivity contribution is 5.94. The van der Waals surface area contributed by atoms with Crippen molar-refractivity contribution in [3.63, 3.8) is 0 Å². The van der Waals surface area contributed by atoms with E-state index in [0.29, 0.717) is 12.1 Å². The molecule has 0 aliphatic heterocycles. The summed E-state index contributed by atoms with van der Waals surface area (Å²) < 4.78 is 49.8. The topological polar surface area (TPSA) is 68.5 Å². The van der Waals surface area contributed by atoms with Crippen LogP contribution in [0.2, 0.25) is 0 Å². The molecule has 8 heteroatoms. The number of carbonyl (C=O) groups excluding carboxylic acids is 2. The van der Waals surface area contributed by atoms with E-state index in [9.17, 15) is 22.8 Å². The lowest BCUT2D eigenvalue weighted by Gasteiger charge is -2.06. The maximum atomic E-state index is 13.5. The molecule has 0 bridgehead atoms. The maximum Gasteiger partial charge on any atom is 0.341 e. The Hall–Kier alpha value is -2.77. The number of carbonyl (C=O) groups is 2. The van der Waals surface area contributed by atoms with E-state index in [0.717, 1.165) is 0 Å². The lowest BCUT2D eigenvalue weighted by molar-refractivity contribution is 0.0598. The number of benzene rings is 1. The molecule has 0 aliphatic rings. The standard InChI is InChI=1S/C15H12F3NO4/c1-7-9(15(21)22-2)5-8(23-7)6-19-14(20)12-10(16)3-4-11(17)13(12)18/h3-5H,6H2,1-2H3,(H,19,20). The zero-order valence-electron chi connectivity index (χ0n) is 12.2. The summed E-state index contributed by atoms with van der Waals surface area (Å²) in [5.74, 6) is -5.42. The van der Waals surface area contributed by atoms with Gasteiger partial charge < -0.3 is 14.5 Å². The number of hydrogen-bond acceptors (Lipinski definition) is 4. The van der Waals surface area contributed by atoms with E-state index >= 15 is 0 Å². The molecular weight excluding hydrogens is 315 g/mol. The fourth-order valence-electron chi connectivity index (χ4n) is 1.93. The van der Waals surface area contributed by atoms with Crippen LogP contribution in [0.25, 0.3) is 0 Å². The number of furan rings is 1. The van der Waals surface area contributed by atoms with Gasteiger partial charge >= 0.3 is 5.97 Å². The quantitative estimate of drug-likeness (QED) is 0.692. The van der Waals surface area contributed by atoms with Crippen molar-refractivity contribution in [1.29, 1.82) is 0 Å². The lowest BCUT2D eigenvalue weighted by Crippen LogP contribution is -2.25. The summed E-state index contributed by atoms with van der Waals surface area (Å²) in [5, 5.41) is 2.19. The van der Waals surface area contributed by atoms with Gasteiger partial charge in [0.15, 0.2) is 11.6 Å². The third-order valence-electron chi connectivity index (χ3n) is 3.07. The van der Waals surface area contributed by atoms with E-state index < -0.39 is 34.9 Å². The molecule has 0 radical (unpaired) electrons. The minimum absolute atomic E-state index is 0.167. The first-order chi connectivity index (χ1) is 10.8. The molecule has 0 saturated carbocycles. The van der Waals surface area contributed by atoms with Crippen molar-refractivity contribution >= 4 is 11.9 Å². The summed E-state index contributed by atoms with van der Waals surface area (Å²) in [4.78, 5) is 23.2. The van der Waals surface area contributed by atoms with Crippen molar-refractivity contribution < 1.29 is 31.9 Å². The second kappa shape index (κ2) is 6.55. The van der Waals surface area contributed by atoms with Crippen LogP contribution in [0, 0.1) is 24.4 Å². The minimum Gasteiger partial charge on any atom is -0.465 e. The van der Waals surface area contributed by atoms with E-state index in [1.54, 1.807) is 0 Å². The first kappa shape index (κ1) is 16.6. The maximum absolute atomic E-state index is 13.5. The first-order valence-electron chi connectivity index (χ1n) is 6.44. The zero-order chi connectivity index (χ0) is 17.1. The Labute approximate surface area is 129 Å². The van der Waals surface area contributed by atoms with E-state index in [1.165, 1.54) is 20.1 Å². The van der Waals surface area contributed by atoms with Crippen LogP contribution >= 0.6 is 0 Å². The molecule has 2 aromatic rings. The Balaban J connectivity index is 2.14. The molecular formula is C15H12F3NO4. The SMILES string of the molecule is COC(=O)c1cc(CNC(=O)c2c(F)ccc(F)c2F)oc1C. The predicted molar refractivity (Wildman–Crippen MR) is 72.3 cm³/mol. The number of nitrogens with one attached hydrogen (secondary N) is 1. The summed E-state index contributed by atoms with van der Waals surface area (Å²) >= 11 is 0. The van der Waals surface area contributed by atoms with E-state index in [2.05, 4.69) is 10.1 Å². The van der Waals surface area contributed by atoms with Gasteiger partial charge in [0.25, 0.3) is 5.91 Å². The number of methoxy groups -OCH3 is 1. The van der Waals surface area contributed by atoms with Gasteiger partial charge in [0, 0.05) is 0 Å². The molecule has 23 heavy (non-hydrogen) atoms. The average molecular weight is 327 g/mol. The molecule has 2 rings (SSSR count). The van der Waals surface area contributed by atoms with Gasteiger partial charge in [-0.05, 0) is 25.1 Å². The van der Waals surface area contributed by atoms with Crippen LogP contribution in [0.4, 0.5) is 13.2 Å². The predicted octanol–water partition coefficient (Wildman–Crippen LogP) is 2.72. The molecule has 0 aliphatic carbocycles. The summed E-state index contributed by atoms with van der Waals surface area (Å²) in [5.41, 5.74) is -0.860. The summed E-state index contributed by atoms with van der Waals surface area (Å²) in [6.07, 6.45) is 0. The van der Waals surface area contributed by atoms with Gasteiger partial charge in [-0.3, -0.25) is 4.79 Å².